The van der Waals surface area contributed by atoms with Crippen LogP contribution in [0.2, 0.25) is 5.02 Å². The molecule has 0 bridgehead atoms. The number of benzene rings is 2. The maximum atomic E-state index is 12.2. The molecule has 1 N–H and O–H groups in total. The second-order valence-corrected chi connectivity index (χ2v) is 5.88. The number of rotatable bonds is 2. The average molecular weight is 357 g/mol. The summed E-state index contributed by atoms with van der Waals surface area (Å²) in [6.07, 6.45) is 0. The van der Waals surface area contributed by atoms with Gasteiger partial charge >= 0.3 is 0 Å². The van der Waals surface area contributed by atoms with Gasteiger partial charge < -0.3 is 5.32 Å². The molecule has 1 amide bonds. The van der Waals surface area contributed by atoms with Gasteiger partial charge in [-0.25, -0.2) is 0 Å². The van der Waals surface area contributed by atoms with E-state index in [0.29, 0.717) is 20.7 Å². The molecule has 0 atom stereocenters. The van der Waals surface area contributed by atoms with Crippen LogP contribution in [0.15, 0.2) is 45.8 Å². The summed E-state index contributed by atoms with van der Waals surface area (Å²) in [7, 11) is 0. The Bertz CT molecular complexity index is 645. The summed E-state index contributed by atoms with van der Waals surface area (Å²) in [5.74, 6) is -0.227. The smallest absolute Gasteiger partial charge is 0.256 e. The van der Waals surface area contributed by atoms with E-state index in [1.807, 2.05) is 25.1 Å². The van der Waals surface area contributed by atoms with Gasteiger partial charge in [-0.3, -0.25) is 4.79 Å². The molecule has 0 heterocycles. The predicted molar refractivity (Wildman–Crippen MR) is 85.5 cm³/mol. The molecule has 0 aliphatic rings. The van der Waals surface area contributed by atoms with E-state index in [0.717, 1.165) is 10.5 Å². The number of nitrogens with one attached hydrogen (secondary N) is 1. The first kappa shape index (κ1) is 14.4. The summed E-state index contributed by atoms with van der Waals surface area (Å²) in [6.45, 7) is 1.94. The zero-order valence-corrected chi connectivity index (χ0v) is 13.3. The summed E-state index contributed by atoms with van der Waals surface area (Å²) >= 11 is 13.6. The molecule has 0 aliphatic carbocycles. The Morgan fingerprint density at radius 3 is 2.74 bits per heavy atom. The minimum Gasteiger partial charge on any atom is -0.321 e. The van der Waals surface area contributed by atoms with Crippen molar-refractivity contribution in [1.82, 2.24) is 0 Å². The molecule has 0 unspecified atom stereocenters. The maximum absolute atomic E-state index is 12.2. The Hall–Kier alpha value is -0.970. The third-order valence-corrected chi connectivity index (χ3v) is 3.86. The summed E-state index contributed by atoms with van der Waals surface area (Å²) in [5, 5.41) is 3.31. The van der Waals surface area contributed by atoms with Crippen molar-refractivity contribution in [2.75, 3.05) is 5.32 Å². The second kappa shape index (κ2) is 5.99. The SMILES string of the molecule is Cc1ccc(Cl)c(NC(=O)c2cc(S)ccc2Br)c1. The summed E-state index contributed by atoms with van der Waals surface area (Å²) < 4.78 is 0.714. The fraction of sp³-hybridized carbons (Fsp3) is 0.0714. The molecule has 2 rings (SSSR count). The zero-order chi connectivity index (χ0) is 14.0. The molecule has 0 radical (unpaired) electrons. The van der Waals surface area contributed by atoms with Gasteiger partial charge in [0.1, 0.15) is 0 Å². The molecule has 0 saturated carbocycles. The molecule has 0 saturated heterocycles. The highest BCUT2D eigenvalue weighted by molar-refractivity contribution is 9.10. The highest BCUT2D eigenvalue weighted by Gasteiger charge is 2.12. The van der Waals surface area contributed by atoms with Crippen LogP contribution in [0.3, 0.4) is 0 Å². The van der Waals surface area contributed by atoms with Crippen molar-refractivity contribution in [2.24, 2.45) is 0 Å². The van der Waals surface area contributed by atoms with Crippen LogP contribution in [-0.4, -0.2) is 5.91 Å². The number of carbonyl (C=O) groups excluding carboxylic acids is 1. The molecule has 2 nitrogen and oxygen atoms in total. The first-order chi connectivity index (χ1) is 8.97. The predicted octanol–water partition coefficient (Wildman–Crippen LogP) is 4.95. The molecule has 19 heavy (non-hydrogen) atoms. The third-order valence-electron chi connectivity index (χ3n) is 2.56. The molecule has 0 aromatic heterocycles. The number of hydrogen-bond donors (Lipinski definition) is 2. The van der Waals surface area contributed by atoms with Crippen LogP contribution in [-0.2, 0) is 0 Å². The third kappa shape index (κ3) is 3.53. The van der Waals surface area contributed by atoms with Crippen LogP contribution in [0.25, 0.3) is 0 Å². The molecular weight excluding hydrogens is 346 g/mol. The lowest BCUT2D eigenvalue weighted by Gasteiger charge is -2.09. The molecular formula is C14H11BrClNOS. The van der Waals surface area contributed by atoms with Gasteiger partial charge in [-0.2, -0.15) is 0 Å². The van der Waals surface area contributed by atoms with E-state index < -0.39 is 0 Å². The van der Waals surface area contributed by atoms with E-state index in [-0.39, 0.29) is 5.91 Å². The van der Waals surface area contributed by atoms with Crippen molar-refractivity contribution in [3.8, 4) is 0 Å². The number of carbonyl (C=O) groups is 1. The fourth-order valence-corrected chi connectivity index (χ4v) is 2.41. The molecule has 0 aliphatic heterocycles. The van der Waals surface area contributed by atoms with Crippen molar-refractivity contribution in [3.05, 3.63) is 57.0 Å². The van der Waals surface area contributed by atoms with Crippen LogP contribution in [0.4, 0.5) is 5.69 Å². The van der Waals surface area contributed by atoms with Crippen LogP contribution >= 0.6 is 40.2 Å². The Labute approximate surface area is 130 Å². The topological polar surface area (TPSA) is 29.1 Å². The van der Waals surface area contributed by atoms with Gasteiger partial charge in [0.2, 0.25) is 0 Å². The largest absolute Gasteiger partial charge is 0.321 e. The first-order valence-electron chi connectivity index (χ1n) is 5.53. The lowest BCUT2D eigenvalue weighted by molar-refractivity contribution is 0.102. The summed E-state index contributed by atoms with van der Waals surface area (Å²) in [4.78, 5) is 12.9. The lowest BCUT2D eigenvalue weighted by Crippen LogP contribution is -2.13. The minimum absolute atomic E-state index is 0.227. The molecule has 2 aromatic carbocycles. The average Bonchev–Trinajstić information content (AvgIpc) is 2.36. The van der Waals surface area contributed by atoms with Gasteiger partial charge in [0.05, 0.1) is 16.3 Å². The Kier molecular flexibility index (Phi) is 4.55. The van der Waals surface area contributed by atoms with Crippen molar-refractivity contribution in [1.29, 1.82) is 0 Å². The highest BCUT2D eigenvalue weighted by atomic mass is 79.9. The van der Waals surface area contributed by atoms with Crippen molar-refractivity contribution in [3.63, 3.8) is 0 Å². The van der Waals surface area contributed by atoms with Crippen LogP contribution in [0.5, 0.6) is 0 Å². The lowest BCUT2D eigenvalue weighted by atomic mass is 10.2. The number of hydrogen-bond acceptors (Lipinski definition) is 2. The van der Waals surface area contributed by atoms with Crippen molar-refractivity contribution in [2.45, 2.75) is 11.8 Å². The quantitative estimate of drug-likeness (QED) is 0.732. The van der Waals surface area contributed by atoms with E-state index in [1.54, 1.807) is 18.2 Å². The summed E-state index contributed by atoms with van der Waals surface area (Å²) in [6, 6.07) is 10.8. The van der Waals surface area contributed by atoms with E-state index in [4.69, 9.17) is 11.6 Å². The highest BCUT2D eigenvalue weighted by Crippen LogP contribution is 2.25. The molecule has 98 valence electrons. The Morgan fingerprint density at radius 1 is 1.26 bits per heavy atom. The van der Waals surface area contributed by atoms with Crippen LogP contribution < -0.4 is 5.32 Å². The number of amides is 1. The number of halogens is 2. The standard InChI is InChI=1S/C14H11BrClNOS/c1-8-2-5-12(16)13(6-8)17-14(18)10-7-9(19)3-4-11(10)15/h2-7,19H,1H3,(H,17,18). The van der Waals surface area contributed by atoms with Gasteiger partial charge in [-0.1, -0.05) is 17.7 Å². The van der Waals surface area contributed by atoms with E-state index >= 15 is 0 Å². The maximum Gasteiger partial charge on any atom is 0.256 e. The minimum atomic E-state index is -0.227. The molecule has 5 heteroatoms. The second-order valence-electron chi connectivity index (χ2n) is 4.10. The zero-order valence-electron chi connectivity index (χ0n) is 10.1. The van der Waals surface area contributed by atoms with Gasteiger partial charge in [-0.15, -0.1) is 12.6 Å². The molecule has 0 fully saturated rings. The fourth-order valence-electron chi connectivity index (χ4n) is 1.61. The van der Waals surface area contributed by atoms with E-state index in [2.05, 4.69) is 33.9 Å². The van der Waals surface area contributed by atoms with Crippen molar-refractivity contribution < 1.29 is 4.79 Å². The van der Waals surface area contributed by atoms with Gasteiger partial charge in [0.15, 0.2) is 0 Å². The van der Waals surface area contributed by atoms with Crippen LogP contribution in [0.1, 0.15) is 15.9 Å². The van der Waals surface area contributed by atoms with Crippen LogP contribution in [0, 0.1) is 6.92 Å². The van der Waals surface area contributed by atoms with E-state index in [9.17, 15) is 4.79 Å². The monoisotopic (exact) mass is 355 g/mol. The first-order valence-corrected chi connectivity index (χ1v) is 7.15. The van der Waals surface area contributed by atoms with E-state index in [1.165, 1.54) is 0 Å². The number of aryl methyl sites for hydroxylation is 1. The normalized spacial score (nSPS) is 10.3. The van der Waals surface area contributed by atoms with Crippen molar-refractivity contribution >= 4 is 51.8 Å². The van der Waals surface area contributed by atoms with Gasteiger partial charge in [0, 0.05) is 9.37 Å². The molecule has 2 aromatic rings. The Balaban J connectivity index is 2.30. The van der Waals surface area contributed by atoms with Gasteiger partial charge in [0.25, 0.3) is 5.91 Å². The summed E-state index contributed by atoms with van der Waals surface area (Å²) in [5.41, 5.74) is 2.15. The number of anilines is 1. The van der Waals surface area contributed by atoms with Gasteiger partial charge in [-0.05, 0) is 58.7 Å². The molecule has 0 spiro atoms. The number of thiol groups is 1. The Morgan fingerprint density at radius 2 is 2.00 bits per heavy atom.